The lowest BCUT2D eigenvalue weighted by Crippen LogP contribution is -2.18. The largest absolute Gasteiger partial charge is 0.439 e. The summed E-state index contributed by atoms with van der Waals surface area (Å²) < 4.78 is 46.2. The van der Waals surface area contributed by atoms with E-state index in [1.54, 1.807) is 42.7 Å². The molecule has 6 nitrogen and oxygen atoms in total. The van der Waals surface area contributed by atoms with Crippen LogP contribution in [-0.4, -0.2) is 20.6 Å². The van der Waals surface area contributed by atoms with E-state index in [4.69, 9.17) is 4.74 Å². The van der Waals surface area contributed by atoms with E-state index in [0.717, 1.165) is 29.8 Å². The first kappa shape index (κ1) is 23.8. The number of halogens is 3. The lowest BCUT2D eigenvalue weighted by Gasteiger charge is -2.20. The number of hydrogen-bond acceptors (Lipinski definition) is 4. The summed E-state index contributed by atoms with van der Waals surface area (Å²) in [5.74, 6) is 2.41. The molecule has 1 N–H and O–H groups in total. The second kappa shape index (κ2) is 10.0. The molecule has 9 heteroatoms. The third-order valence-electron chi connectivity index (χ3n) is 6.42. The second-order valence-electron chi connectivity index (χ2n) is 9.04. The zero-order valence-electron chi connectivity index (χ0n) is 19.5. The van der Waals surface area contributed by atoms with Gasteiger partial charge in [-0.2, -0.15) is 18.2 Å². The van der Waals surface area contributed by atoms with Crippen molar-refractivity contribution in [3.63, 3.8) is 0 Å². The number of nitrogens with zero attached hydrogens (tertiary/aromatic N) is 3. The number of rotatable bonds is 5. The normalized spacial score (nSPS) is 14.6. The van der Waals surface area contributed by atoms with Gasteiger partial charge in [-0.25, -0.2) is 9.78 Å². The standard InChI is InChI=1S/C27H25F3N4O2/c28-27(29,30)20-7-4-8-21(17-20)32-26(35)34-14-12-19-16-22(9-10-23(19)34)36-25-11-13-31-24(33-25)15-18-5-2-1-3-6-18/h4,7-14,16-18H,1-3,5-6,15H2,(H,32,35). The number of amides is 1. The van der Waals surface area contributed by atoms with Crippen molar-refractivity contribution in [1.29, 1.82) is 0 Å². The highest BCUT2D eigenvalue weighted by Gasteiger charge is 2.30. The summed E-state index contributed by atoms with van der Waals surface area (Å²) in [5, 5.41) is 3.26. The Bertz CT molecular complexity index is 1380. The van der Waals surface area contributed by atoms with Gasteiger partial charge in [-0.3, -0.25) is 4.57 Å². The van der Waals surface area contributed by atoms with E-state index < -0.39 is 17.8 Å². The minimum Gasteiger partial charge on any atom is -0.439 e. The average Bonchev–Trinajstić information content (AvgIpc) is 3.28. The smallest absolute Gasteiger partial charge is 0.416 e. The minimum absolute atomic E-state index is 0.0596. The summed E-state index contributed by atoms with van der Waals surface area (Å²) in [7, 11) is 0. The molecule has 1 fully saturated rings. The van der Waals surface area contributed by atoms with Crippen LogP contribution in [0.2, 0.25) is 0 Å². The number of anilines is 1. The number of alkyl halides is 3. The quantitative estimate of drug-likeness (QED) is 0.313. The molecule has 2 heterocycles. The van der Waals surface area contributed by atoms with Crippen molar-refractivity contribution in [2.75, 3.05) is 5.32 Å². The number of benzene rings is 2. The Morgan fingerprint density at radius 2 is 1.89 bits per heavy atom. The van der Waals surface area contributed by atoms with Crippen LogP contribution in [0.4, 0.5) is 23.7 Å². The molecule has 1 aliphatic rings. The highest BCUT2D eigenvalue weighted by Crippen LogP contribution is 2.31. The molecule has 4 aromatic rings. The molecular formula is C27H25F3N4O2. The zero-order valence-corrected chi connectivity index (χ0v) is 19.5. The van der Waals surface area contributed by atoms with Crippen molar-refractivity contribution < 1.29 is 22.7 Å². The number of ether oxygens (including phenoxy) is 1. The number of hydrogen-bond donors (Lipinski definition) is 1. The Morgan fingerprint density at radius 3 is 2.69 bits per heavy atom. The van der Waals surface area contributed by atoms with Crippen LogP contribution in [0.15, 0.2) is 67.0 Å². The van der Waals surface area contributed by atoms with Crippen LogP contribution in [-0.2, 0) is 12.6 Å². The lowest BCUT2D eigenvalue weighted by atomic mass is 9.87. The van der Waals surface area contributed by atoms with E-state index >= 15 is 0 Å². The predicted octanol–water partition coefficient (Wildman–Crippen LogP) is 7.45. The van der Waals surface area contributed by atoms with E-state index in [0.29, 0.717) is 23.1 Å². The average molecular weight is 495 g/mol. The molecular weight excluding hydrogens is 469 g/mol. The van der Waals surface area contributed by atoms with E-state index in [1.807, 2.05) is 0 Å². The summed E-state index contributed by atoms with van der Waals surface area (Å²) >= 11 is 0. The van der Waals surface area contributed by atoms with Crippen LogP contribution >= 0.6 is 0 Å². The fourth-order valence-electron chi connectivity index (χ4n) is 4.62. The molecule has 1 aliphatic carbocycles. The van der Waals surface area contributed by atoms with E-state index in [1.165, 1.54) is 48.8 Å². The van der Waals surface area contributed by atoms with Crippen molar-refractivity contribution >= 4 is 22.6 Å². The van der Waals surface area contributed by atoms with Gasteiger partial charge in [0, 0.05) is 36.0 Å². The molecule has 0 radical (unpaired) electrons. The first-order valence-corrected chi connectivity index (χ1v) is 11.9. The number of fused-ring (bicyclic) bond motifs is 1. The van der Waals surface area contributed by atoms with Crippen molar-refractivity contribution in [2.45, 2.75) is 44.7 Å². The van der Waals surface area contributed by atoms with Gasteiger partial charge in [-0.05, 0) is 48.4 Å². The lowest BCUT2D eigenvalue weighted by molar-refractivity contribution is -0.137. The molecule has 0 atom stereocenters. The molecule has 0 unspecified atom stereocenters. The summed E-state index contributed by atoms with van der Waals surface area (Å²) in [4.78, 5) is 21.7. The first-order chi connectivity index (χ1) is 17.3. The van der Waals surface area contributed by atoms with Gasteiger partial charge >= 0.3 is 12.2 Å². The number of carbonyl (C=O) groups is 1. The summed E-state index contributed by atoms with van der Waals surface area (Å²) in [6.07, 6.45) is 5.87. The SMILES string of the molecule is O=C(Nc1cccc(C(F)(F)F)c1)n1ccc2cc(Oc3ccnc(CC4CCCCC4)n3)ccc21. The van der Waals surface area contributed by atoms with Gasteiger partial charge in [0.1, 0.15) is 11.6 Å². The van der Waals surface area contributed by atoms with Crippen LogP contribution in [0.1, 0.15) is 43.5 Å². The van der Waals surface area contributed by atoms with Crippen LogP contribution in [0, 0.1) is 5.92 Å². The molecule has 2 aromatic carbocycles. The van der Waals surface area contributed by atoms with Crippen LogP contribution in [0.5, 0.6) is 11.6 Å². The van der Waals surface area contributed by atoms with Gasteiger partial charge < -0.3 is 10.1 Å². The molecule has 0 spiro atoms. The Labute approximate surface area is 206 Å². The maximum absolute atomic E-state index is 13.0. The monoisotopic (exact) mass is 494 g/mol. The van der Waals surface area contributed by atoms with Crippen molar-refractivity contribution in [1.82, 2.24) is 14.5 Å². The predicted molar refractivity (Wildman–Crippen MR) is 130 cm³/mol. The summed E-state index contributed by atoms with van der Waals surface area (Å²) in [5.41, 5.74) is -0.178. The molecule has 0 bridgehead atoms. The summed E-state index contributed by atoms with van der Waals surface area (Å²) in [6, 6.07) is 12.6. The van der Waals surface area contributed by atoms with Crippen molar-refractivity contribution in [3.05, 3.63) is 78.4 Å². The fraction of sp³-hybridized carbons (Fsp3) is 0.296. The van der Waals surface area contributed by atoms with E-state index in [9.17, 15) is 18.0 Å². The van der Waals surface area contributed by atoms with Gasteiger partial charge in [0.25, 0.3) is 0 Å². The van der Waals surface area contributed by atoms with Gasteiger partial charge in [-0.15, -0.1) is 0 Å². The molecule has 0 saturated heterocycles. The van der Waals surface area contributed by atoms with Crippen LogP contribution < -0.4 is 10.1 Å². The molecule has 1 saturated carbocycles. The Balaban J connectivity index is 1.29. The third-order valence-corrected chi connectivity index (χ3v) is 6.42. The number of carbonyl (C=O) groups excluding carboxylic acids is 1. The van der Waals surface area contributed by atoms with Crippen LogP contribution in [0.25, 0.3) is 10.9 Å². The van der Waals surface area contributed by atoms with Crippen LogP contribution in [0.3, 0.4) is 0 Å². The fourth-order valence-corrected chi connectivity index (χ4v) is 4.62. The number of nitrogens with one attached hydrogen (secondary N) is 1. The minimum atomic E-state index is -4.49. The van der Waals surface area contributed by atoms with E-state index in [2.05, 4.69) is 15.3 Å². The van der Waals surface area contributed by atoms with Gasteiger partial charge in [0.05, 0.1) is 11.1 Å². The van der Waals surface area contributed by atoms with Gasteiger partial charge in [-0.1, -0.05) is 38.2 Å². The Hall–Kier alpha value is -3.88. The van der Waals surface area contributed by atoms with Gasteiger partial charge in [0.2, 0.25) is 5.88 Å². The molecule has 36 heavy (non-hydrogen) atoms. The zero-order chi connectivity index (χ0) is 25.1. The second-order valence-corrected chi connectivity index (χ2v) is 9.04. The topological polar surface area (TPSA) is 69.0 Å². The maximum Gasteiger partial charge on any atom is 0.416 e. The Morgan fingerprint density at radius 1 is 1.06 bits per heavy atom. The van der Waals surface area contributed by atoms with Crippen molar-refractivity contribution in [3.8, 4) is 11.6 Å². The molecule has 186 valence electrons. The molecule has 0 aliphatic heterocycles. The van der Waals surface area contributed by atoms with E-state index in [-0.39, 0.29) is 5.69 Å². The highest BCUT2D eigenvalue weighted by atomic mass is 19.4. The third kappa shape index (κ3) is 5.50. The Kier molecular flexibility index (Phi) is 6.63. The van der Waals surface area contributed by atoms with Crippen molar-refractivity contribution in [2.24, 2.45) is 5.92 Å². The van der Waals surface area contributed by atoms with Gasteiger partial charge in [0.15, 0.2) is 0 Å². The molecule has 2 aromatic heterocycles. The highest BCUT2D eigenvalue weighted by molar-refractivity contribution is 5.98. The molecule has 5 rings (SSSR count). The molecule has 1 amide bonds. The first-order valence-electron chi connectivity index (χ1n) is 11.9. The summed E-state index contributed by atoms with van der Waals surface area (Å²) in [6.45, 7) is 0. The number of aromatic nitrogens is 3. The maximum atomic E-state index is 13.0.